The van der Waals surface area contributed by atoms with E-state index in [2.05, 4.69) is 5.16 Å². The van der Waals surface area contributed by atoms with Crippen LogP contribution in [0.25, 0.3) is 0 Å². The Balaban J connectivity index is 2.58. The van der Waals surface area contributed by atoms with E-state index in [0.29, 0.717) is 17.7 Å². The van der Waals surface area contributed by atoms with Gasteiger partial charge in [0.15, 0.2) is 5.84 Å². The number of hydrogen-bond donors (Lipinski definition) is 2. The number of benzene rings is 1. The molecule has 0 bridgehead atoms. The van der Waals surface area contributed by atoms with Gasteiger partial charge >= 0.3 is 0 Å². The minimum absolute atomic E-state index is 0.133. The zero-order valence-electron chi connectivity index (χ0n) is 12.0. The molecular weight excluding hydrogens is 263 g/mol. The molecule has 0 saturated heterocycles. The van der Waals surface area contributed by atoms with E-state index >= 15 is 0 Å². The fourth-order valence-corrected chi connectivity index (χ4v) is 1.55. The molecule has 112 valence electrons. The van der Waals surface area contributed by atoms with Crippen LogP contribution in [0.2, 0.25) is 0 Å². The first-order valence-electron chi connectivity index (χ1n) is 6.28. The number of hydrogen-bond acceptors (Lipinski definition) is 4. The molecule has 0 atom stereocenters. The van der Waals surface area contributed by atoms with Crippen molar-refractivity contribution in [1.82, 2.24) is 0 Å². The number of nitrogens with two attached hydrogens (primary N) is 1. The van der Waals surface area contributed by atoms with Crippen molar-refractivity contribution in [3.8, 4) is 0 Å². The number of amidine groups is 1. The van der Waals surface area contributed by atoms with Crippen LogP contribution in [0, 0.1) is 5.82 Å². The molecule has 0 aliphatic heterocycles. The molecule has 0 aliphatic rings. The van der Waals surface area contributed by atoms with Crippen LogP contribution in [0.3, 0.4) is 0 Å². The molecule has 0 amide bonds. The van der Waals surface area contributed by atoms with E-state index in [4.69, 9.17) is 20.4 Å². The van der Waals surface area contributed by atoms with Crippen LogP contribution in [0.4, 0.5) is 4.39 Å². The molecular formula is C14H21FN2O3. The quantitative estimate of drug-likeness (QED) is 0.265. The van der Waals surface area contributed by atoms with E-state index in [1.54, 1.807) is 13.2 Å². The average Bonchev–Trinajstić information content (AvgIpc) is 2.42. The Labute approximate surface area is 118 Å². The normalized spacial score (nSPS) is 12.7. The van der Waals surface area contributed by atoms with Crippen LogP contribution in [0.5, 0.6) is 0 Å². The topological polar surface area (TPSA) is 77.1 Å². The molecule has 0 radical (unpaired) electrons. The van der Waals surface area contributed by atoms with Crippen LogP contribution in [-0.2, 0) is 16.1 Å². The Morgan fingerprint density at radius 3 is 2.70 bits per heavy atom. The van der Waals surface area contributed by atoms with E-state index in [1.807, 2.05) is 13.8 Å². The summed E-state index contributed by atoms with van der Waals surface area (Å²) in [6.45, 7) is 4.68. The molecule has 1 aromatic rings. The Morgan fingerprint density at radius 1 is 1.40 bits per heavy atom. The third-order valence-electron chi connectivity index (χ3n) is 3.03. The Hall–Kier alpha value is -1.66. The first kappa shape index (κ1) is 16.4. The fraction of sp³-hybridized carbons (Fsp3) is 0.500. The second kappa shape index (κ2) is 7.21. The summed E-state index contributed by atoms with van der Waals surface area (Å²) in [5.41, 5.74) is 6.14. The van der Waals surface area contributed by atoms with Gasteiger partial charge in [-0.2, -0.15) is 0 Å². The van der Waals surface area contributed by atoms with Crippen LogP contribution < -0.4 is 5.73 Å². The van der Waals surface area contributed by atoms with E-state index < -0.39 is 5.82 Å². The summed E-state index contributed by atoms with van der Waals surface area (Å²) in [5.74, 6) is -0.587. The Kier molecular flexibility index (Phi) is 5.91. The van der Waals surface area contributed by atoms with Crippen LogP contribution in [-0.4, -0.2) is 30.4 Å². The highest BCUT2D eigenvalue weighted by Gasteiger charge is 2.15. The summed E-state index contributed by atoms with van der Waals surface area (Å²) < 4.78 is 24.2. The summed E-state index contributed by atoms with van der Waals surface area (Å²) >= 11 is 0. The van der Waals surface area contributed by atoms with Crippen molar-refractivity contribution in [1.29, 1.82) is 0 Å². The van der Waals surface area contributed by atoms with Gasteiger partial charge in [-0.15, -0.1) is 0 Å². The monoisotopic (exact) mass is 284 g/mol. The summed E-state index contributed by atoms with van der Waals surface area (Å²) in [6.07, 6.45) is 0.728. The third-order valence-corrected chi connectivity index (χ3v) is 3.03. The van der Waals surface area contributed by atoms with Crippen molar-refractivity contribution in [2.24, 2.45) is 10.9 Å². The maximum atomic E-state index is 13.4. The van der Waals surface area contributed by atoms with Gasteiger partial charge in [0, 0.05) is 19.3 Å². The Morgan fingerprint density at radius 2 is 2.10 bits per heavy atom. The van der Waals surface area contributed by atoms with Crippen LogP contribution >= 0.6 is 0 Å². The lowest BCUT2D eigenvalue weighted by Crippen LogP contribution is -2.24. The molecule has 5 nitrogen and oxygen atoms in total. The number of ether oxygens (including phenoxy) is 2. The first-order valence-corrected chi connectivity index (χ1v) is 6.28. The number of methoxy groups -OCH3 is 1. The molecule has 1 rings (SSSR count). The van der Waals surface area contributed by atoms with E-state index in [0.717, 1.165) is 6.42 Å². The highest BCUT2D eigenvalue weighted by Crippen LogP contribution is 2.14. The van der Waals surface area contributed by atoms with Gasteiger partial charge in [0.2, 0.25) is 0 Å². The van der Waals surface area contributed by atoms with Gasteiger partial charge in [-0.05, 0) is 44.0 Å². The predicted molar refractivity (Wildman–Crippen MR) is 74.3 cm³/mol. The van der Waals surface area contributed by atoms with Crippen LogP contribution in [0.15, 0.2) is 23.4 Å². The molecule has 0 aliphatic carbocycles. The van der Waals surface area contributed by atoms with Crippen molar-refractivity contribution >= 4 is 5.84 Å². The summed E-state index contributed by atoms with van der Waals surface area (Å²) in [7, 11) is 1.65. The minimum Gasteiger partial charge on any atom is -0.409 e. The standard InChI is InChI=1S/C14H21FN2O3/c1-14(2,19-3)4-5-20-9-10-6-11(13(16)17-18)8-12(15)7-10/h6-8,18H,4-5,9H2,1-3H3,(H2,16,17). The molecule has 0 aromatic heterocycles. The van der Waals surface area contributed by atoms with Gasteiger partial charge in [-0.1, -0.05) is 5.16 Å². The highest BCUT2D eigenvalue weighted by molar-refractivity contribution is 5.97. The van der Waals surface area contributed by atoms with Crippen molar-refractivity contribution in [3.63, 3.8) is 0 Å². The zero-order chi connectivity index (χ0) is 15.2. The van der Waals surface area contributed by atoms with Gasteiger partial charge in [0.05, 0.1) is 12.2 Å². The molecule has 0 fully saturated rings. The van der Waals surface area contributed by atoms with Crippen molar-refractivity contribution in [2.45, 2.75) is 32.5 Å². The van der Waals surface area contributed by atoms with Gasteiger partial charge in [0.1, 0.15) is 5.82 Å². The number of rotatable bonds is 7. The van der Waals surface area contributed by atoms with Crippen molar-refractivity contribution < 1.29 is 19.1 Å². The lowest BCUT2D eigenvalue weighted by molar-refractivity contribution is -0.0124. The number of nitrogens with zero attached hydrogens (tertiary/aromatic N) is 1. The highest BCUT2D eigenvalue weighted by atomic mass is 19.1. The second-order valence-electron chi connectivity index (χ2n) is 5.10. The first-order chi connectivity index (χ1) is 9.38. The molecule has 3 N–H and O–H groups in total. The molecule has 0 spiro atoms. The van der Waals surface area contributed by atoms with Gasteiger partial charge in [-0.3, -0.25) is 0 Å². The van der Waals surface area contributed by atoms with Gasteiger partial charge < -0.3 is 20.4 Å². The van der Waals surface area contributed by atoms with E-state index in [-0.39, 0.29) is 18.0 Å². The SMILES string of the molecule is COC(C)(C)CCOCc1cc(F)cc(/C(N)=N/O)c1. The van der Waals surface area contributed by atoms with Crippen LogP contribution in [0.1, 0.15) is 31.4 Å². The molecule has 0 unspecified atom stereocenters. The maximum absolute atomic E-state index is 13.4. The molecule has 20 heavy (non-hydrogen) atoms. The lowest BCUT2D eigenvalue weighted by atomic mass is 10.1. The average molecular weight is 284 g/mol. The largest absolute Gasteiger partial charge is 0.409 e. The second-order valence-corrected chi connectivity index (χ2v) is 5.10. The van der Waals surface area contributed by atoms with E-state index in [9.17, 15) is 4.39 Å². The number of halogens is 1. The van der Waals surface area contributed by atoms with Gasteiger partial charge in [-0.25, -0.2) is 4.39 Å². The molecule has 6 heteroatoms. The van der Waals surface area contributed by atoms with Gasteiger partial charge in [0.25, 0.3) is 0 Å². The summed E-state index contributed by atoms with van der Waals surface area (Å²) in [4.78, 5) is 0. The van der Waals surface area contributed by atoms with E-state index in [1.165, 1.54) is 12.1 Å². The zero-order valence-corrected chi connectivity index (χ0v) is 12.0. The lowest BCUT2D eigenvalue weighted by Gasteiger charge is -2.22. The third kappa shape index (κ3) is 5.14. The molecule has 1 aromatic carbocycles. The predicted octanol–water partition coefficient (Wildman–Crippen LogP) is 2.25. The maximum Gasteiger partial charge on any atom is 0.170 e. The smallest absolute Gasteiger partial charge is 0.170 e. The fourth-order valence-electron chi connectivity index (χ4n) is 1.55. The molecule has 0 heterocycles. The Bertz CT molecular complexity index is 475. The minimum atomic E-state index is -0.454. The summed E-state index contributed by atoms with van der Waals surface area (Å²) in [5, 5.41) is 11.4. The number of oxime groups is 1. The van der Waals surface area contributed by atoms with Crippen molar-refractivity contribution in [2.75, 3.05) is 13.7 Å². The van der Waals surface area contributed by atoms with Crippen molar-refractivity contribution in [3.05, 3.63) is 35.1 Å². The molecule has 0 saturated carbocycles. The summed E-state index contributed by atoms with van der Waals surface area (Å²) in [6, 6.07) is 4.18.